The molecule has 0 spiro atoms. The molecule has 0 fully saturated rings. The molecular weight excluding hydrogens is 275 g/mol. The largest absolute Gasteiger partial charge is 0.389 e. The monoisotopic (exact) mass is 289 g/mol. The lowest BCUT2D eigenvalue weighted by atomic mass is 10.3. The van der Waals surface area contributed by atoms with E-state index in [9.17, 15) is 8.78 Å². The zero-order valence-electron chi connectivity index (χ0n) is 7.50. The maximum atomic E-state index is 12.9. The highest BCUT2D eigenvalue weighted by atomic mass is 127. The molecule has 0 aromatic rings. The van der Waals surface area contributed by atoms with E-state index in [0.717, 1.165) is 0 Å². The summed E-state index contributed by atoms with van der Waals surface area (Å²) >= 11 is -1.30. The van der Waals surface area contributed by atoms with Gasteiger partial charge in [0.2, 0.25) is 0 Å². The van der Waals surface area contributed by atoms with Gasteiger partial charge in [-0.05, 0) is 41.5 Å². The van der Waals surface area contributed by atoms with Crippen molar-refractivity contribution in [2.45, 2.75) is 30.7 Å². The van der Waals surface area contributed by atoms with Crippen molar-refractivity contribution in [2.24, 2.45) is 0 Å². The Balaban J connectivity index is 4.26. The molecule has 12 heavy (non-hydrogen) atoms. The van der Waals surface area contributed by atoms with Gasteiger partial charge in [-0.1, -0.05) is 4.51 Å². The smallest absolute Gasteiger partial charge is 0.313 e. The second kappa shape index (κ2) is 4.89. The van der Waals surface area contributed by atoms with E-state index in [0.29, 0.717) is 0 Å². The van der Waals surface area contributed by atoms with E-state index in [1.165, 1.54) is 13.1 Å². The summed E-state index contributed by atoms with van der Waals surface area (Å²) in [6, 6.07) is 0.193. The van der Waals surface area contributed by atoms with E-state index >= 15 is 0 Å². The first-order chi connectivity index (χ1) is 5.40. The van der Waals surface area contributed by atoms with Crippen LogP contribution in [0.2, 0.25) is 0 Å². The molecule has 0 unspecified atom stereocenters. The number of halogens is 3. The Labute approximate surface area is 82.0 Å². The summed E-state index contributed by atoms with van der Waals surface area (Å²) in [4.78, 5) is 0. The summed E-state index contributed by atoms with van der Waals surface area (Å²) in [5, 5.41) is 2.83. The zero-order valence-corrected chi connectivity index (χ0v) is 9.65. The van der Waals surface area contributed by atoms with Gasteiger partial charge in [-0.25, -0.2) is 0 Å². The molecule has 72 valence electrons. The minimum Gasteiger partial charge on any atom is -0.389 e. The van der Waals surface area contributed by atoms with Gasteiger partial charge < -0.3 is 5.32 Å². The van der Waals surface area contributed by atoms with Crippen molar-refractivity contribution in [3.05, 3.63) is 11.8 Å². The van der Waals surface area contributed by atoms with Crippen LogP contribution >= 0.6 is 20.7 Å². The van der Waals surface area contributed by atoms with Crippen LogP contribution in [-0.2, 0) is 0 Å². The second-order valence-electron chi connectivity index (χ2n) is 2.78. The first-order valence-electron chi connectivity index (χ1n) is 3.60. The highest BCUT2D eigenvalue weighted by Gasteiger charge is 2.27. The lowest BCUT2D eigenvalue weighted by Gasteiger charge is -2.12. The van der Waals surface area contributed by atoms with Crippen molar-refractivity contribution in [3.8, 4) is 0 Å². The molecule has 0 saturated carbocycles. The summed E-state index contributed by atoms with van der Waals surface area (Å²) < 4.78 is 26.4. The molecule has 1 N–H and O–H groups in total. The molecule has 1 nitrogen and oxygen atoms in total. The van der Waals surface area contributed by atoms with Crippen LogP contribution in [0.15, 0.2) is 11.8 Å². The maximum absolute atomic E-state index is 12.9. The summed E-state index contributed by atoms with van der Waals surface area (Å²) in [7, 11) is 0. The minimum atomic E-state index is -2.67. The third-order valence-electron chi connectivity index (χ3n) is 1.25. The number of rotatable bonds is 4. The molecule has 0 bridgehead atoms. The molecular formula is C8H14F2IN. The van der Waals surface area contributed by atoms with Gasteiger partial charge in [-0.3, -0.25) is 0 Å². The average Bonchev–Trinajstić information content (AvgIpc) is 2.00. The third kappa shape index (κ3) is 4.13. The molecule has 0 amide bonds. The number of alkyl halides is 3. The molecule has 0 rings (SSSR count). The van der Waals surface area contributed by atoms with Crippen LogP contribution in [0.4, 0.5) is 8.78 Å². The average molecular weight is 289 g/mol. The molecule has 0 aliphatic rings. The van der Waals surface area contributed by atoms with Gasteiger partial charge >= 0.3 is 3.93 Å². The van der Waals surface area contributed by atoms with Crippen LogP contribution in [-0.4, -0.2) is 14.5 Å². The fourth-order valence-corrected chi connectivity index (χ4v) is 1.24. The van der Waals surface area contributed by atoms with E-state index < -0.39 is 24.7 Å². The molecule has 4 heteroatoms. The van der Waals surface area contributed by atoms with Crippen LogP contribution in [0.3, 0.4) is 0 Å². The predicted molar refractivity (Wildman–Crippen MR) is 58.1 cm³/mol. The topological polar surface area (TPSA) is 12.0 Å². The molecule has 0 atom stereocenters. The number of hydrogen-bond donors (Lipinski definition) is 1. The number of nitrogens with one attached hydrogen (secondary N) is 1. The molecule has 0 heterocycles. The zero-order chi connectivity index (χ0) is 9.78. The third-order valence-corrected chi connectivity index (χ3v) is 3.06. The van der Waals surface area contributed by atoms with E-state index in [2.05, 4.69) is 9.83 Å². The molecule has 0 saturated heterocycles. The summed E-state index contributed by atoms with van der Waals surface area (Å²) in [5.41, 5.74) is 0.0824. The van der Waals surface area contributed by atoms with Crippen LogP contribution in [0, 0.1) is 0 Å². The number of hydrogen-bond acceptors (Lipinski definition) is 1. The summed E-state index contributed by atoms with van der Waals surface area (Å²) in [5.74, 6) is 0. The van der Waals surface area contributed by atoms with Gasteiger partial charge in [0.15, 0.2) is 0 Å². The minimum absolute atomic E-state index is 0.0824. The van der Waals surface area contributed by atoms with Gasteiger partial charge in [-0.2, -0.15) is 8.78 Å². The number of allylic oxidation sites excluding steroid dienone is 1. The summed E-state index contributed by atoms with van der Waals surface area (Å²) in [6.45, 7) is 5.24. The standard InChI is InChI=1S/C8H14F2IN/c1-6(2)12-5-7(3)8(9,10)11-4/h5-6,12H,4H2,1-3H3/b7-5+. The van der Waals surface area contributed by atoms with E-state index in [4.69, 9.17) is 0 Å². The van der Waals surface area contributed by atoms with Gasteiger partial charge in [0.1, 0.15) is 0 Å². The lowest BCUT2D eigenvalue weighted by Crippen LogP contribution is -2.19. The van der Waals surface area contributed by atoms with Gasteiger partial charge in [-0.15, -0.1) is 0 Å². The highest BCUT2D eigenvalue weighted by molar-refractivity contribution is 14.2. The van der Waals surface area contributed by atoms with Crippen LogP contribution < -0.4 is 5.32 Å². The van der Waals surface area contributed by atoms with Crippen molar-refractivity contribution in [3.63, 3.8) is 0 Å². The predicted octanol–water partition coefficient (Wildman–Crippen LogP) is 2.88. The second-order valence-corrected chi connectivity index (χ2v) is 4.90. The van der Waals surface area contributed by atoms with Crippen LogP contribution in [0.25, 0.3) is 0 Å². The van der Waals surface area contributed by atoms with Gasteiger partial charge in [0.05, 0.1) is 0 Å². The Morgan fingerprint density at radius 1 is 1.58 bits per heavy atom. The Kier molecular flexibility index (Phi) is 4.89. The van der Waals surface area contributed by atoms with Crippen molar-refractivity contribution in [2.75, 3.05) is 0 Å². The molecule has 0 aliphatic carbocycles. The Morgan fingerprint density at radius 3 is 2.42 bits per heavy atom. The molecule has 0 aliphatic heterocycles. The van der Waals surface area contributed by atoms with Crippen molar-refractivity contribution in [1.29, 1.82) is 0 Å². The Bertz CT molecular complexity index is 187. The van der Waals surface area contributed by atoms with Crippen molar-refractivity contribution < 1.29 is 8.78 Å². The Morgan fingerprint density at radius 2 is 2.08 bits per heavy atom. The fraction of sp³-hybridized carbons (Fsp3) is 0.625. The molecule has 0 radical (unpaired) electrons. The summed E-state index contributed by atoms with van der Waals surface area (Å²) in [6.07, 6.45) is 1.38. The van der Waals surface area contributed by atoms with Crippen molar-refractivity contribution in [1.82, 2.24) is 5.32 Å². The van der Waals surface area contributed by atoms with Crippen LogP contribution in [0.1, 0.15) is 20.8 Å². The lowest BCUT2D eigenvalue weighted by molar-refractivity contribution is 0.168. The van der Waals surface area contributed by atoms with E-state index in [-0.39, 0.29) is 11.6 Å². The van der Waals surface area contributed by atoms with Crippen molar-refractivity contribution >= 4 is 25.2 Å². The molecule has 0 aromatic heterocycles. The van der Waals surface area contributed by atoms with E-state index in [1.54, 1.807) is 0 Å². The van der Waals surface area contributed by atoms with Gasteiger partial charge in [0, 0.05) is 17.8 Å². The maximum Gasteiger partial charge on any atom is 0.313 e. The Hall–Kier alpha value is 0. The molecule has 0 aromatic carbocycles. The SMILES string of the molecule is C=IC(F)(F)/C(C)=C/NC(C)C. The van der Waals surface area contributed by atoms with Crippen LogP contribution in [0.5, 0.6) is 0 Å². The fourth-order valence-electron chi connectivity index (χ4n) is 0.479. The highest BCUT2D eigenvalue weighted by Crippen LogP contribution is 2.34. The van der Waals surface area contributed by atoms with Gasteiger partial charge in [0.25, 0.3) is 0 Å². The first kappa shape index (κ1) is 12.0. The quantitative estimate of drug-likeness (QED) is 0.620. The normalized spacial score (nSPS) is 13.7. The first-order valence-corrected chi connectivity index (χ1v) is 6.21. The van der Waals surface area contributed by atoms with E-state index in [1.807, 2.05) is 13.8 Å².